The van der Waals surface area contributed by atoms with E-state index in [9.17, 15) is 4.79 Å². The number of esters is 1. The van der Waals surface area contributed by atoms with E-state index in [4.69, 9.17) is 19.9 Å². The molecule has 1 aliphatic heterocycles. The van der Waals surface area contributed by atoms with Gasteiger partial charge in [0.1, 0.15) is 12.1 Å². The van der Waals surface area contributed by atoms with Crippen LogP contribution in [0.1, 0.15) is 27.2 Å². The van der Waals surface area contributed by atoms with E-state index in [1.807, 2.05) is 20.8 Å². The van der Waals surface area contributed by atoms with Crippen molar-refractivity contribution >= 4 is 5.97 Å². The number of carbonyl (C=O) groups excluding carboxylic acids is 1. The summed E-state index contributed by atoms with van der Waals surface area (Å²) in [5.41, 5.74) is 4.65. The molecule has 1 heterocycles. The summed E-state index contributed by atoms with van der Waals surface area (Å²) >= 11 is 0. The maximum absolute atomic E-state index is 11.6. The summed E-state index contributed by atoms with van der Waals surface area (Å²) < 4.78 is 15.6. The lowest BCUT2D eigenvalue weighted by Gasteiger charge is -2.22. The Morgan fingerprint density at radius 3 is 2.62 bits per heavy atom. The molecule has 0 aliphatic carbocycles. The summed E-state index contributed by atoms with van der Waals surface area (Å²) in [4.78, 5) is 11.6. The molecule has 1 unspecified atom stereocenters. The normalized spacial score (nSPS) is 25.8. The Morgan fingerprint density at radius 2 is 2.12 bits per heavy atom. The summed E-state index contributed by atoms with van der Waals surface area (Å²) in [5.74, 6) is -0.400. The van der Waals surface area contributed by atoms with Crippen LogP contribution in [0.5, 0.6) is 0 Å². The molecule has 0 aromatic rings. The largest absolute Gasteiger partial charge is 0.462 e. The van der Waals surface area contributed by atoms with Gasteiger partial charge >= 0.3 is 5.97 Å². The minimum Gasteiger partial charge on any atom is -0.462 e. The van der Waals surface area contributed by atoms with Crippen LogP contribution >= 0.6 is 0 Å². The molecular weight excluding hydrogens is 210 g/mol. The second-order valence-corrected chi connectivity index (χ2v) is 5.06. The Hall–Kier alpha value is -0.650. The van der Waals surface area contributed by atoms with E-state index in [2.05, 4.69) is 0 Å². The Balaban J connectivity index is 2.20. The number of rotatable bonds is 4. The van der Waals surface area contributed by atoms with Gasteiger partial charge in [0.15, 0.2) is 0 Å². The summed E-state index contributed by atoms with van der Waals surface area (Å²) in [6.07, 6.45) is 0.520. The molecule has 1 aliphatic rings. The lowest BCUT2D eigenvalue weighted by molar-refractivity contribution is -0.153. The molecule has 5 heteroatoms. The Morgan fingerprint density at radius 1 is 1.44 bits per heavy atom. The highest BCUT2D eigenvalue weighted by Gasteiger charge is 2.39. The van der Waals surface area contributed by atoms with E-state index in [0.29, 0.717) is 19.6 Å². The van der Waals surface area contributed by atoms with E-state index in [-0.39, 0.29) is 18.8 Å². The van der Waals surface area contributed by atoms with Crippen molar-refractivity contribution < 1.29 is 19.0 Å². The first kappa shape index (κ1) is 13.4. The van der Waals surface area contributed by atoms with Gasteiger partial charge in [-0.2, -0.15) is 0 Å². The lowest BCUT2D eigenvalue weighted by atomic mass is 10.0. The molecule has 16 heavy (non-hydrogen) atoms. The molecule has 0 bridgehead atoms. The maximum Gasteiger partial charge on any atom is 0.328 e. The molecule has 0 aromatic carbocycles. The van der Waals surface area contributed by atoms with Crippen LogP contribution in [0.2, 0.25) is 0 Å². The van der Waals surface area contributed by atoms with Gasteiger partial charge in [0.2, 0.25) is 0 Å². The van der Waals surface area contributed by atoms with Gasteiger partial charge in [0, 0.05) is 13.0 Å². The zero-order valence-corrected chi connectivity index (χ0v) is 10.2. The van der Waals surface area contributed by atoms with Crippen molar-refractivity contribution in [3.05, 3.63) is 0 Å². The van der Waals surface area contributed by atoms with E-state index >= 15 is 0 Å². The monoisotopic (exact) mass is 231 g/mol. The lowest BCUT2D eigenvalue weighted by Crippen LogP contribution is -2.49. The zero-order valence-electron chi connectivity index (χ0n) is 10.2. The highest BCUT2D eigenvalue weighted by molar-refractivity contribution is 5.81. The first-order valence-electron chi connectivity index (χ1n) is 5.51. The van der Waals surface area contributed by atoms with E-state index in [0.717, 1.165) is 0 Å². The molecule has 0 spiro atoms. The van der Waals surface area contributed by atoms with Crippen LogP contribution in [0.3, 0.4) is 0 Å². The average molecular weight is 231 g/mol. The molecule has 1 fully saturated rings. The molecule has 5 nitrogen and oxygen atoms in total. The molecule has 0 amide bonds. The molecule has 1 saturated heterocycles. The first-order valence-corrected chi connectivity index (χ1v) is 5.51. The third-order valence-electron chi connectivity index (χ3n) is 2.31. The maximum atomic E-state index is 11.6. The van der Waals surface area contributed by atoms with Crippen LogP contribution in [-0.2, 0) is 19.0 Å². The predicted octanol–water partition coefficient (Wildman–Crippen LogP) is 0.463. The minimum absolute atomic E-state index is 0.219. The van der Waals surface area contributed by atoms with Crippen LogP contribution in [0, 0.1) is 0 Å². The quantitative estimate of drug-likeness (QED) is 0.562. The second-order valence-electron chi connectivity index (χ2n) is 5.06. The van der Waals surface area contributed by atoms with Gasteiger partial charge in [-0.15, -0.1) is 0 Å². The zero-order chi connectivity index (χ0) is 12.2. The molecule has 0 aromatic heterocycles. The fourth-order valence-corrected chi connectivity index (χ4v) is 1.37. The molecule has 0 radical (unpaired) electrons. The fourth-order valence-electron chi connectivity index (χ4n) is 1.37. The molecule has 1 rings (SSSR count). The van der Waals surface area contributed by atoms with E-state index < -0.39 is 11.5 Å². The SMILES string of the molecule is CC(C)(C)OCCOC(=O)C1(N)CCOC1. The smallest absolute Gasteiger partial charge is 0.328 e. The number of hydrogen-bond acceptors (Lipinski definition) is 5. The van der Waals surface area contributed by atoms with Crippen molar-refractivity contribution in [2.75, 3.05) is 26.4 Å². The number of hydrogen-bond donors (Lipinski definition) is 1. The van der Waals surface area contributed by atoms with Gasteiger partial charge in [-0.25, -0.2) is 4.79 Å². The third-order valence-corrected chi connectivity index (χ3v) is 2.31. The van der Waals surface area contributed by atoms with Crippen molar-refractivity contribution in [1.29, 1.82) is 0 Å². The van der Waals surface area contributed by atoms with Gasteiger partial charge in [-0.05, 0) is 20.8 Å². The standard InChI is InChI=1S/C11H21NO4/c1-10(2,3)16-7-6-15-9(13)11(12)4-5-14-8-11/h4-8,12H2,1-3H3. The van der Waals surface area contributed by atoms with Gasteiger partial charge in [0.05, 0.1) is 18.8 Å². The van der Waals surface area contributed by atoms with Gasteiger partial charge in [0.25, 0.3) is 0 Å². The fraction of sp³-hybridized carbons (Fsp3) is 0.909. The van der Waals surface area contributed by atoms with Gasteiger partial charge in [-0.3, -0.25) is 0 Å². The van der Waals surface area contributed by atoms with Crippen LogP contribution in [0.4, 0.5) is 0 Å². The van der Waals surface area contributed by atoms with Crippen molar-refractivity contribution in [3.8, 4) is 0 Å². The summed E-state index contributed by atoms with van der Waals surface area (Å²) in [6, 6.07) is 0. The van der Waals surface area contributed by atoms with Crippen molar-refractivity contribution in [3.63, 3.8) is 0 Å². The highest BCUT2D eigenvalue weighted by Crippen LogP contribution is 2.17. The molecule has 0 saturated carbocycles. The molecule has 2 N–H and O–H groups in total. The minimum atomic E-state index is -0.957. The highest BCUT2D eigenvalue weighted by atomic mass is 16.6. The van der Waals surface area contributed by atoms with Crippen LogP contribution in [0.25, 0.3) is 0 Å². The molecule has 1 atom stereocenters. The number of ether oxygens (including phenoxy) is 3. The van der Waals surface area contributed by atoms with Crippen molar-refractivity contribution in [2.24, 2.45) is 5.73 Å². The topological polar surface area (TPSA) is 70.8 Å². The molecular formula is C11H21NO4. The van der Waals surface area contributed by atoms with E-state index in [1.165, 1.54) is 0 Å². The van der Waals surface area contributed by atoms with Gasteiger partial charge < -0.3 is 19.9 Å². The Labute approximate surface area is 96.2 Å². The average Bonchev–Trinajstić information content (AvgIpc) is 2.59. The number of carbonyl (C=O) groups is 1. The predicted molar refractivity (Wildman–Crippen MR) is 59.0 cm³/mol. The Kier molecular flexibility index (Phi) is 4.29. The van der Waals surface area contributed by atoms with Gasteiger partial charge in [-0.1, -0.05) is 0 Å². The van der Waals surface area contributed by atoms with Crippen molar-refractivity contribution in [2.45, 2.75) is 38.3 Å². The Bertz CT molecular complexity index is 241. The van der Waals surface area contributed by atoms with Crippen LogP contribution in [0.15, 0.2) is 0 Å². The second kappa shape index (κ2) is 5.12. The van der Waals surface area contributed by atoms with E-state index in [1.54, 1.807) is 0 Å². The number of nitrogens with two attached hydrogens (primary N) is 1. The van der Waals surface area contributed by atoms with Crippen molar-refractivity contribution in [1.82, 2.24) is 0 Å². The third kappa shape index (κ3) is 4.08. The summed E-state index contributed by atoms with van der Waals surface area (Å²) in [6.45, 7) is 7.22. The summed E-state index contributed by atoms with van der Waals surface area (Å²) in [5, 5.41) is 0. The first-order chi connectivity index (χ1) is 7.33. The summed E-state index contributed by atoms with van der Waals surface area (Å²) in [7, 11) is 0. The molecule has 94 valence electrons. The van der Waals surface area contributed by atoms with Crippen LogP contribution in [-0.4, -0.2) is 43.5 Å². The van der Waals surface area contributed by atoms with Crippen LogP contribution < -0.4 is 5.73 Å².